The highest BCUT2D eigenvalue weighted by atomic mass is 35.5. The van der Waals surface area contributed by atoms with Crippen molar-refractivity contribution >= 4 is 34.6 Å². The van der Waals surface area contributed by atoms with Crippen molar-refractivity contribution in [2.45, 2.75) is 0 Å². The molecule has 0 fully saturated rings. The molecule has 0 saturated carbocycles. The Labute approximate surface area is 75.3 Å². The lowest BCUT2D eigenvalue weighted by Crippen LogP contribution is -2.08. The molecule has 0 saturated heterocycles. The van der Waals surface area contributed by atoms with Gasteiger partial charge in [-0.05, 0) is 36.5 Å². The van der Waals surface area contributed by atoms with E-state index in [1.54, 1.807) is 24.3 Å². The van der Waals surface area contributed by atoms with Gasteiger partial charge in [-0.15, -0.1) is 0 Å². The first-order valence-corrected chi connectivity index (χ1v) is 3.75. The third-order valence-electron chi connectivity index (χ3n) is 1.10. The predicted molar refractivity (Wildman–Crippen MR) is 50.8 cm³/mol. The molecule has 1 rings (SSSR count). The molecule has 11 heavy (non-hydrogen) atoms. The van der Waals surface area contributed by atoms with Crippen molar-refractivity contribution in [3.8, 4) is 0 Å². The summed E-state index contributed by atoms with van der Waals surface area (Å²) < 4.78 is 0. The lowest BCUT2D eigenvalue weighted by molar-refractivity contribution is 1.58. The topological polar surface area (TPSA) is 35.8 Å². The summed E-state index contributed by atoms with van der Waals surface area (Å²) in [7, 11) is 0. The molecule has 0 aliphatic carbocycles. The maximum Gasteiger partial charge on any atom is 0.189 e. The fourth-order valence-corrected chi connectivity index (χ4v) is 0.908. The van der Waals surface area contributed by atoms with Gasteiger partial charge in [-0.3, -0.25) is 5.73 Å². The van der Waals surface area contributed by atoms with E-state index >= 15 is 0 Å². The van der Waals surface area contributed by atoms with Gasteiger partial charge in [0.2, 0.25) is 0 Å². The standard InChI is InChI=1S/C7H6ClN2S/c8-5-1-3-6(4-2-5)10-7(9)11/h1-4,9H,(H,10,11). The molecular formula is C7H6ClN2S. The number of rotatable bonds is 1. The number of hydrogen-bond acceptors (Lipinski definition) is 1. The Balaban J connectivity index is 2.74. The molecule has 0 spiro atoms. The minimum atomic E-state index is 0.00678. The fourth-order valence-electron chi connectivity index (χ4n) is 0.664. The van der Waals surface area contributed by atoms with Crippen molar-refractivity contribution in [2.75, 3.05) is 5.32 Å². The molecule has 1 radical (unpaired) electrons. The minimum absolute atomic E-state index is 0.00678. The van der Waals surface area contributed by atoms with Crippen LogP contribution in [0.3, 0.4) is 0 Å². The van der Waals surface area contributed by atoms with E-state index in [0.29, 0.717) is 5.02 Å². The quantitative estimate of drug-likeness (QED) is 0.682. The van der Waals surface area contributed by atoms with E-state index in [2.05, 4.69) is 17.5 Å². The Morgan fingerprint density at radius 3 is 2.36 bits per heavy atom. The van der Waals surface area contributed by atoms with Crippen LogP contribution in [0.5, 0.6) is 0 Å². The van der Waals surface area contributed by atoms with Crippen LogP contribution in [-0.2, 0) is 0 Å². The summed E-state index contributed by atoms with van der Waals surface area (Å²) in [5.74, 6) is 0. The molecule has 2 N–H and O–H groups in total. The van der Waals surface area contributed by atoms with E-state index in [-0.39, 0.29) is 5.11 Å². The van der Waals surface area contributed by atoms with Gasteiger partial charge >= 0.3 is 0 Å². The highest BCUT2D eigenvalue weighted by Gasteiger charge is 1.91. The normalized spacial score (nSPS) is 9.18. The fraction of sp³-hybridized carbons (Fsp3) is 0. The first-order chi connectivity index (χ1) is 5.18. The van der Waals surface area contributed by atoms with Crippen LogP contribution < -0.4 is 11.1 Å². The highest BCUT2D eigenvalue weighted by molar-refractivity contribution is 7.80. The third-order valence-corrected chi connectivity index (χ3v) is 1.46. The van der Waals surface area contributed by atoms with E-state index in [0.717, 1.165) is 5.69 Å². The molecule has 0 bridgehead atoms. The Bertz CT molecular complexity index is 258. The van der Waals surface area contributed by atoms with Gasteiger partial charge in [0, 0.05) is 10.7 Å². The molecule has 4 heteroatoms. The SMILES string of the molecule is [NH]C(=S)Nc1ccc(Cl)cc1. The van der Waals surface area contributed by atoms with Gasteiger partial charge in [-0.2, -0.15) is 0 Å². The zero-order valence-corrected chi connectivity index (χ0v) is 7.17. The van der Waals surface area contributed by atoms with Crippen molar-refractivity contribution in [3.63, 3.8) is 0 Å². The highest BCUT2D eigenvalue weighted by Crippen LogP contribution is 2.12. The molecule has 0 atom stereocenters. The van der Waals surface area contributed by atoms with Crippen LogP contribution in [0.1, 0.15) is 0 Å². The Kier molecular flexibility index (Phi) is 2.68. The number of nitrogens with one attached hydrogen (secondary N) is 2. The second-order valence-electron chi connectivity index (χ2n) is 1.96. The smallest absolute Gasteiger partial charge is 0.189 e. The van der Waals surface area contributed by atoms with E-state index in [9.17, 15) is 0 Å². The van der Waals surface area contributed by atoms with Gasteiger partial charge in [-0.1, -0.05) is 11.6 Å². The van der Waals surface area contributed by atoms with E-state index in [1.807, 2.05) is 0 Å². The zero-order chi connectivity index (χ0) is 8.27. The summed E-state index contributed by atoms with van der Waals surface area (Å²) >= 11 is 10.2. The molecule has 2 nitrogen and oxygen atoms in total. The lowest BCUT2D eigenvalue weighted by Gasteiger charge is -2.00. The molecule has 1 aromatic carbocycles. The average molecular weight is 186 g/mol. The van der Waals surface area contributed by atoms with Crippen molar-refractivity contribution in [2.24, 2.45) is 0 Å². The molecule has 1 aromatic rings. The van der Waals surface area contributed by atoms with Crippen LogP contribution in [-0.4, -0.2) is 5.11 Å². The zero-order valence-electron chi connectivity index (χ0n) is 5.60. The van der Waals surface area contributed by atoms with Gasteiger partial charge in [0.1, 0.15) is 0 Å². The number of thiocarbonyl (C=S) groups is 1. The molecule has 57 valence electrons. The van der Waals surface area contributed by atoms with Gasteiger partial charge in [-0.25, -0.2) is 0 Å². The summed E-state index contributed by atoms with van der Waals surface area (Å²) in [4.78, 5) is 0. The second-order valence-corrected chi connectivity index (χ2v) is 2.81. The second kappa shape index (κ2) is 3.55. The van der Waals surface area contributed by atoms with Crippen molar-refractivity contribution < 1.29 is 0 Å². The first kappa shape index (κ1) is 8.30. The summed E-state index contributed by atoms with van der Waals surface area (Å²) in [6.07, 6.45) is 0. The van der Waals surface area contributed by atoms with Crippen LogP contribution >= 0.6 is 23.8 Å². The van der Waals surface area contributed by atoms with Crippen LogP contribution in [0.15, 0.2) is 24.3 Å². The molecule has 0 aliphatic rings. The largest absolute Gasteiger partial charge is 0.331 e. The minimum Gasteiger partial charge on any atom is -0.331 e. The Morgan fingerprint density at radius 2 is 1.91 bits per heavy atom. The Morgan fingerprint density at radius 1 is 1.36 bits per heavy atom. The number of halogens is 1. The lowest BCUT2D eigenvalue weighted by atomic mass is 10.3. The van der Waals surface area contributed by atoms with Crippen LogP contribution in [0.25, 0.3) is 0 Å². The van der Waals surface area contributed by atoms with Crippen LogP contribution in [0, 0.1) is 0 Å². The summed E-state index contributed by atoms with van der Waals surface area (Å²) in [5, 5.41) is 3.35. The van der Waals surface area contributed by atoms with E-state index in [4.69, 9.17) is 17.3 Å². The van der Waals surface area contributed by atoms with Crippen molar-refractivity contribution in [1.29, 1.82) is 0 Å². The van der Waals surface area contributed by atoms with Gasteiger partial charge in [0.15, 0.2) is 5.11 Å². The maximum absolute atomic E-state index is 6.96. The predicted octanol–water partition coefficient (Wildman–Crippen LogP) is 2.32. The molecule has 0 aromatic heterocycles. The molecule has 0 aliphatic heterocycles. The summed E-state index contributed by atoms with van der Waals surface area (Å²) in [5.41, 5.74) is 7.74. The third kappa shape index (κ3) is 2.74. The molecule has 0 heterocycles. The average Bonchev–Trinajstić information content (AvgIpc) is 1.93. The van der Waals surface area contributed by atoms with E-state index in [1.165, 1.54) is 0 Å². The Hall–Kier alpha value is -0.800. The van der Waals surface area contributed by atoms with Crippen molar-refractivity contribution in [3.05, 3.63) is 29.3 Å². The van der Waals surface area contributed by atoms with Crippen LogP contribution in [0.2, 0.25) is 5.02 Å². The number of benzene rings is 1. The molecule has 0 unspecified atom stereocenters. The van der Waals surface area contributed by atoms with Gasteiger partial charge in [0.05, 0.1) is 0 Å². The monoisotopic (exact) mass is 185 g/mol. The number of anilines is 1. The van der Waals surface area contributed by atoms with Gasteiger partial charge < -0.3 is 5.32 Å². The molecular weight excluding hydrogens is 180 g/mol. The summed E-state index contributed by atoms with van der Waals surface area (Å²) in [6.45, 7) is 0. The van der Waals surface area contributed by atoms with Crippen molar-refractivity contribution in [1.82, 2.24) is 5.73 Å². The first-order valence-electron chi connectivity index (χ1n) is 2.96. The molecule has 0 amide bonds. The summed E-state index contributed by atoms with van der Waals surface area (Å²) in [6, 6.07) is 7.01. The van der Waals surface area contributed by atoms with E-state index < -0.39 is 0 Å². The van der Waals surface area contributed by atoms with Gasteiger partial charge in [0.25, 0.3) is 0 Å². The maximum atomic E-state index is 6.96. The number of hydrogen-bond donors (Lipinski definition) is 1. The van der Waals surface area contributed by atoms with Crippen LogP contribution in [0.4, 0.5) is 5.69 Å².